The summed E-state index contributed by atoms with van der Waals surface area (Å²) in [5.41, 5.74) is 1.14. The molecule has 3 rings (SSSR count). The van der Waals surface area contributed by atoms with Crippen molar-refractivity contribution in [3.8, 4) is 0 Å². The Hall–Kier alpha value is -1.47. The predicted molar refractivity (Wildman–Crippen MR) is 101 cm³/mol. The molecular formula is C21H31NO5. The van der Waals surface area contributed by atoms with Gasteiger partial charge in [0.1, 0.15) is 5.92 Å². The number of hydroxylamine groups is 2. The van der Waals surface area contributed by atoms with Gasteiger partial charge in [-0.05, 0) is 37.7 Å². The molecule has 2 aliphatic rings. The number of nitrogens with zero attached hydrogens (tertiary/aromatic N) is 1. The summed E-state index contributed by atoms with van der Waals surface area (Å²) in [7, 11) is 1.43. The SMILES string of the molecule is COC(=O)C1C(C)ON(Cc2ccccc2)C1C(C)COC1CCCCO1. The molecule has 0 aliphatic carbocycles. The van der Waals surface area contributed by atoms with E-state index in [1.165, 1.54) is 7.11 Å². The van der Waals surface area contributed by atoms with Crippen LogP contribution in [0.1, 0.15) is 38.7 Å². The molecule has 2 fully saturated rings. The van der Waals surface area contributed by atoms with Crippen molar-refractivity contribution in [2.75, 3.05) is 20.3 Å². The van der Waals surface area contributed by atoms with Crippen LogP contribution in [-0.2, 0) is 30.4 Å². The van der Waals surface area contributed by atoms with Gasteiger partial charge in [-0.3, -0.25) is 9.63 Å². The largest absolute Gasteiger partial charge is 0.469 e. The molecule has 27 heavy (non-hydrogen) atoms. The van der Waals surface area contributed by atoms with Crippen molar-refractivity contribution in [2.45, 2.75) is 58.1 Å². The molecule has 5 unspecified atom stereocenters. The Morgan fingerprint density at radius 3 is 2.74 bits per heavy atom. The number of hydrogen-bond donors (Lipinski definition) is 0. The van der Waals surface area contributed by atoms with Crippen LogP contribution < -0.4 is 0 Å². The van der Waals surface area contributed by atoms with Gasteiger partial charge < -0.3 is 14.2 Å². The van der Waals surface area contributed by atoms with Crippen LogP contribution in [0.25, 0.3) is 0 Å². The van der Waals surface area contributed by atoms with Crippen molar-refractivity contribution in [1.82, 2.24) is 5.06 Å². The van der Waals surface area contributed by atoms with E-state index in [4.69, 9.17) is 19.0 Å². The Morgan fingerprint density at radius 2 is 2.07 bits per heavy atom. The molecule has 5 atom stereocenters. The highest BCUT2D eigenvalue weighted by atomic mass is 16.7. The number of rotatable bonds is 7. The third-order valence-corrected chi connectivity index (χ3v) is 5.43. The summed E-state index contributed by atoms with van der Waals surface area (Å²) in [5, 5.41) is 1.93. The van der Waals surface area contributed by atoms with Gasteiger partial charge in [-0.25, -0.2) is 0 Å². The van der Waals surface area contributed by atoms with Crippen LogP contribution in [0.4, 0.5) is 0 Å². The molecule has 1 aromatic rings. The molecule has 0 amide bonds. The van der Waals surface area contributed by atoms with Gasteiger partial charge in [0.15, 0.2) is 6.29 Å². The molecule has 150 valence electrons. The third kappa shape index (κ3) is 5.08. The van der Waals surface area contributed by atoms with Gasteiger partial charge in [-0.1, -0.05) is 37.3 Å². The first-order chi connectivity index (χ1) is 13.1. The summed E-state index contributed by atoms with van der Waals surface area (Å²) in [4.78, 5) is 18.5. The molecule has 2 saturated heterocycles. The number of esters is 1. The van der Waals surface area contributed by atoms with E-state index >= 15 is 0 Å². The van der Waals surface area contributed by atoms with Gasteiger partial charge in [0, 0.05) is 13.2 Å². The van der Waals surface area contributed by atoms with E-state index in [1.807, 2.05) is 30.2 Å². The third-order valence-electron chi connectivity index (χ3n) is 5.43. The monoisotopic (exact) mass is 377 g/mol. The van der Waals surface area contributed by atoms with E-state index in [0.29, 0.717) is 13.2 Å². The average molecular weight is 377 g/mol. The Bertz CT molecular complexity index is 589. The van der Waals surface area contributed by atoms with Crippen molar-refractivity contribution in [3.05, 3.63) is 35.9 Å². The second-order valence-corrected chi connectivity index (χ2v) is 7.52. The molecule has 2 aliphatic heterocycles. The Labute approximate surface area is 161 Å². The van der Waals surface area contributed by atoms with Crippen LogP contribution >= 0.6 is 0 Å². The van der Waals surface area contributed by atoms with Gasteiger partial charge in [-0.2, -0.15) is 5.06 Å². The van der Waals surface area contributed by atoms with E-state index in [9.17, 15) is 4.79 Å². The van der Waals surface area contributed by atoms with Gasteiger partial charge in [0.25, 0.3) is 0 Å². The first kappa shape index (κ1) is 20.3. The number of carbonyl (C=O) groups excluding carboxylic acids is 1. The highest BCUT2D eigenvalue weighted by Gasteiger charge is 2.48. The smallest absolute Gasteiger partial charge is 0.313 e. The molecule has 0 N–H and O–H groups in total. The zero-order valence-corrected chi connectivity index (χ0v) is 16.5. The second-order valence-electron chi connectivity index (χ2n) is 7.52. The lowest BCUT2D eigenvalue weighted by Gasteiger charge is -2.31. The molecule has 0 spiro atoms. The summed E-state index contributed by atoms with van der Waals surface area (Å²) in [5.74, 6) is -0.485. The lowest BCUT2D eigenvalue weighted by Crippen LogP contribution is -2.43. The maximum atomic E-state index is 12.4. The van der Waals surface area contributed by atoms with Crippen molar-refractivity contribution in [2.24, 2.45) is 11.8 Å². The molecule has 1 aromatic carbocycles. The first-order valence-corrected chi connectivity index (χ1v) is 9.88. The molecule has 0 bridgehead atoms. The van der Waals surface area contributed by atoms with Crippen LogP contribution in [0.15, 0.2) is 30.3 Å². The molecular weight excluding hydrogens is 346 g/mol. The lowest BCUT2D eigenvalue weighted by molar-refractivity contribution is -0.192. The van der Waals surface area contributed by atoms with E-state index in [2.05, 4.69) is 19.1 Å². The molecule has 6 nitrogen and oxygen atoms in total. The summed E-state index contributed by atoms with van der Waals surface area (Å²) in [6, 6.07) is 10.0. The number of ether oxygens (including phenoxy) is 3. The maximum Gasteiger partial charge on any atom is 0.313 e. The Kier molecular flexibility index (Phi) is 7.24. The van der Waals surface area contributed by atoms with Crippen molar-refractivity contribution < 1.29 is 23.8 Å². The lowest BCUT2D eigenvalue weighted by atomic mass is 9.87. The minimum atomic E-state index is -0.343. The number of hydrogen-bond acceptors (Lipinski definition) is 6. The van der Waals surface area contributed by atoms with Crippen molar-refractivity contribution in [1.29, 1.82) is 0 Å². The van der Waals surface area contributed by atoms with Crippen LogP contribution in [0.5, 0.6) is 0 Å². The summed E-state index contributed by atoms with van der Waals surface area (Å²) >= 11 is 0. The van der Waals surface area contributed by atoms with Crippen LogP contribution in [0.2, 0.25) is 0 Å². The molecule has 0 radical (unpaired) electrons. The quantitative estimate of drug-likeness (QED) is 0.681. The van der Waals surface area contributed by atoms with Gasteiger partial charge in [-0.15, -0.1) is 0 Å². The normalized spacial score (nSPS) is 30.2. The van der Waals surface area contributed by atoms with Crippen molar-refractivity contribution >= 4 is 5.97 Å². The van der Waals surface area contributed by atoms with E-state index in [0.717, 1.165) is 31.4 Å². The minimum absolute atomic E-state index is 0.0910. The molecule has 2 heterocycles. The zero-order chi connectivity index (χ0) is 19.2. The number of methoxy groups -OCH3 is 1. The van der Waals surface area contributed by atoms with Crippen LogP contribution in [-0.4, -0.2) is 49.8 Å². The van der Waals surface area contributed by atoms with E-state index in [-0.39, 0.29) is 36.2 Å². The predicted octanol–water partition coefficient (Wildman–Crippen LogP) is 3.16. The fourth-order valence-electron chi connectivity index (χ4n) is 4.02. The molecule has 0 aromatic heterocycles. The van der Waals surface area contributed by atoms with E-state index < -0.39 is 0 Å². The summed E-state index contributed by atoms with van der Waals surface area (Å²) in [6.07, 6.45) is 2.78. The standard InChI is InChI=1S/C21H31NO5/c1-15(14-26-18-11-7-8-12-25-18)20-19(21(23)24-3)16(2)27-22(20)13-17-9-5-4-6-10-17/h4-6,9-10,15-16,18-20H,7-8,11-14H2,1-3H3. The van der Waals surface area contributed by atoms with Crippen molar-refractivity contribution in [3.63, 3.8) is 0 Å². The second kappa shape index (κ2) is 9.64. The van der Waals surface area contributed by atoms with Gasteiger partial charge in [0.2, 0.25) is 0 Å². The fraction of sp³-hybridized carbons (Fsp3) is 0.667. The molecule has 0 saturated carbocycles. The topological polar surface area (TPSA) is 57.2 Å². The average Bonchev–Trinajstić information content (AvgIpc) is 3.02. The van der Waals surface area contributed by atoms with Crippen LogP contribution in [0, 0.1) is 11.8 Å². The number of benzene rings is 1. The minimum Gasteiger partial charge on any atom is -0.469 e. The first-order valence-electron chi connectivity index (χ1n) is 9.88. The molecule has 6 heteroatoms. The Balaban J connectivity index is 1.70. The van der Waals surface area contributed by atoms with Gasteiger partial charge >= 0.3 is 5.97 Å². The van der Waals surface area contributed by atoms with E-state index in [1.54, 1.807) is 0 Å². The highest BCUT2D eigenvalue weighted by Crippen LogP contribution is 2.35. The highest BCUT2D eigenvalue weighted by molar-refractivity contribution is 5.74. The zero-order valence-electron chi connectivity index (χ0n) is 16.5. The summed E-state index contributed by atoms with van der Waals surface area (Å²) < 4.78 is 16.7. The summed E-state index contributed by atoms with van der Waals surface area (Å²) in [6.45, 7) is 5.92. The Morgan fingerprint density at radius 1 is 1.30 bits per heavy atom. The maximum absolute atomic E-state index is 12.4. The van der Waals surface area contributed by atoms with Gasteiger partial charge in [0.05, 0.1) is 25.9 Å². The fourth-order valence-corrected chi connectivity index (χ4v) is 4.02. The van der Waals surface area contributed by atoms with Crippen LogP contribution in [0.3, 0.4) is 0 Å². The number of carbonyl (C=O) groups is 1.